The first-order valence-electron chi connectivity index (χ1n) is 10.1. The van der Waals surface area contributed by atoms with Crippen molar-refractivity contribution in [3.05, 3.63) is 76.7 Å². The predicted octanol–water partition coefficient (Wildman–Crippen LogP) is 5.01. The quantitative estimate of drug-likeness (QED) is 0.387. The molecule has 6 heteroatoms. The zero-order chi connectivity index (χ0) is 21.5. The number of nitrogens with one attached hydrogen (secondary N) is 1. The van der Waals surface area contributed by atoms with Gasteiger partial charge in [-0.2, -0.15) is 0 Å². The molecule has 0 spiro atoms. The Balaban J connectivity index is 1.51. The van der Waals surface area contributed by atoms with E-state index in [1.165, 1.54) is 11.3 Å². The second-order valence-electron chi connectivity index (χ2n) is 7.51. The van der Waals surface area contributed by atoms with Crippen LogP contribution in [0.15, 0.2) is 57.9 Å². The molecule has 1 aromatic heterocycles. The van der Waals surface area contributed by atoms with Crippen molar-refractivity contribution in [3.8, 4) is 0 Å². The first-order valence-corrected chi connectivity index (χ1v) is 11.1. The average molecular weight is 424 g/mol. The van der Waals surface area contributed by atoms with E-state index in [9.17, 15) is 4.79 Å². The normalized spacial score (nSPS) is 10.8. The zero-order valence-corrected chi connectivity index (χ0v) is 18.9. The summed E-state index contributed by atoms with van der Waals surface area (Å²) in [6, 6.07) is 16.3. The third-order valence-corrected chi connectivity index (χ3v) is 6.17. The maximum absolute atomic E-state index is 12.7. The molecule has 0 fully saturated rings. The number of rotatable bonds is 9. The Kier molecular flexibility index (Phi) is 7.57. The molecule has 0 unspecified atom stereocenters. The molecule has 3 aromatic rings. The summed E-state index contributed by atoms with van der Waals surface area (Å²) >= 11 is 1.64. The lowest BCUT2D eigenvalue weighted by molar-refractivity contribution is 0.0950. The van der Waals surface area contributed by atoms with Crippen LogP contribution in [0.1, 0.15) is 39.4 Å². The summed E-state index contributed by atoms with van der Waals surface area (Å²) in [5, 5.41) is 7.07. The molecular weight excluding hydrogens is 394 g/mol. The van der Waals surface area contributed by atoms with Gasteiger partial charge in [-0.05, 0) is 56.5 Å². The van der Waals surface area contributed by atoms with Crippen molar-refractivity contribution in [2.45, 2.75) is 37.3 Å². The minimum atomic E-state index is -0.0279. The van der Waals surface area contributed by atoms with Gasteiger partial charge in [-0.15, -0.1) is 11.8 Å². The fourth-order valence-electron chi connectivity index (χ4n) is 3.19. The number of anilines is 1. The molecule has 5 nitrogen and oxygen atoms in total. The van der Waals surface area contributed by atoms with Gasteiger partial charge < -0.3 is 14.7 Å². The van der Waals surface area contributed by atoms with E-state index in [-0.39, 0.29) is 5.91 Å². The monoisotopic (exact) mass is 423 g/mol. The maximum Gasteiger partial charge on any atom is 0.252 e. The number of nitrogens with zero attached hydrogens (tertiary/aromatic N) is 2. The summed E-state index contributed by atoms with van der Waals surface area (Å²) in [4.78, 5) is 15.8. The molecule has 0 saturated heterocycles. The lowest BCUT2D eigenvalue weighted by Gasteiger charge is -2.13. The van der Waals surface area contributed by atoms with Gasteiger partial charge in [0.2, 0.25) is 0 Å². The third kappa shape index (κ3) is 5.66. The number of carbonyl (C=O) groups is 1. The SMILES string of the molecule is Cc1noc(C)c1CSc1ccccc1C(=O)NCCCc1ccc(N(C)C)cc1. The van der Waals surface area contributed by atoms with Crippen LogP contribution in [0, 0.1) is 13.8 Å². The maximum atomic E-state index is 12.7. The largest absolute Gasteiger partial charge is 0.378 e. The number of thioether (sulfide) groups is 1. The summed E-state index contributed by atoms with van der Waals surface area (Å²) in [7, 11) is 4.07. The van der Waals surface area contributed by atoms with Crippen molar-refractivity contribution in [2.24, 2.45) is 0 Å². The summed E-state index contributed by atoms with van der Waals surface area (Å²) in [5.41, 5.74) is 5.18. The fraction of sp³-hybridized carbons (Fsp3) is 0.333. The molecule has 1 amide bonds. The molecule has 1 heterocycles. The van der Waals surface area contributed by atoms with Gasteiger partial charge in [0.25, 0.3) is 5.91 Å². The van der Waals surface area contributed by atoms with Crippen molar-refractivity contribution in [1.29, 1.82) is 0 Å². The van der Waals surface area contributed by atoms with Crippen LogP contribution in [-0.4, -0.2) is 31.7 Å². The smallest absolute Gasteiger partial charge is 0.252 e. The summed E-state index contributed by atoms with van der Waals surface area (Å²) in [6.45, 7) is 4.51. The van der Waals surface area contributed by atoms with Gasteiger partial charge >= 0.3 is 0 Å². The van der Waals surface area contributed by atoms with E-state index < -0.39 is 0 Å². The topological polar surface area (TPSA) is 58.4 Å². The summed E-state index contributed by atoms with van der Waals surface area (Å²) in [6.07, 6.45) is 1.85. The van der Waals surface area contributed by atoms with Gasteiger partial charge in [0.05, 0.1) is 11.3 Å². The number of amides is 1. The van der Waals surface area contributed by atoms with Crippen LogP contribution in [0.5, 0.6) is 0 Å². The van der Waals surface area contributed by atoms with Gasteiger partial charge in [-0.3, -0.25) is 4.79 Å². The molecule has 3 rings (SSSR count). The molecule has 30 heavy (non-hydrogen) atoms. The summed E-state index contributed by atoms with van der Waals surface area (Å²) < 4.78 is 5.24. The lowest BCUT2D eigenvalue weighted by Crippen LogP contribution is -2.25. The molecule has 2 aromatic carbocycles. The molecule has 0 saturated carbocycles. The second-order valence-corrected chi connectivity index (χ2v) is 8.53. The molecule has 1 N–H and O–H groups in total. The van der Waals surface area contributed by atoms with Crippen molar-refractivity contribution in [2.75, 3.05) is 25.5 Å². The number of aromatic nitrogens is 1. The Morgan fingerprint density at radius 3 is 2.50 bits per heavy atom. The fourth-order valence-corrected chi connectivity index (χ4v) is 4.39. The molecule has 158 valence electrons. The minimum Gasteiger partial charge on any atom is -0.378 e. The first kappa shape index (κ1) is 22.0. The van der Waals surface area contributed by atoms with Gasteiger partial charge in [0.1, 0.15) is 5.76 Å². The third-order valence-electron chi connectivity index (χ3n) is 5.07. The van der Waals surface area contributed by atoms with Crippen LogP contribution < -0.4 is 10.2 Å². The predicted molar refractivity (Wildman–Crippen MR) is 123 cm³/mol. The van der Waals surface area contributed by atoms with Gasteiger partial charge in [0.15, 0.2) is 0 Å². The zero-order valence-electron chi connectivity index (χ0n) is 18.1. The number of hydrogen-bond acceptors (Lipinski definition) is 5. The van der Waals surface area contributed by atoms with E-state index in [1.807, 2.05) is 52.2 Å². The van der Waals surface area contributed by atoms with Crippen molar-refractivity contribution in [1.82, 2.24) is 10.5 Å². The Labute approximate surface area is 182 Å². The van der Waals surface area contributed by atoms with Crippen LogP contribution in [-0.2, 0) is 12.2 Å². The van der Waals surface area contributed by atoms with Crippen LogP contribution >= 0.6 is 11.8 Å². The second kappa shape index (κ2) is 10.3. The van der Waals surface area contributed by atoms with Crippen LogP contribution in [0.25, 0.3) is 0 Å². The molecular formula is C24H29N3O2S. The first-order chi connectivity index (χ1) is 14.5. The molecule has 0 aliphatic heterocycles. The Hall–Kier alpha value is -2.73. The highest BCUT2D eigenvalue weighted by Gasteiger charge is 2.14. The molecule has 0 bridgehead atoms. The number of benzene rings is 2. The lowest BCUT2D eigenvalue weighted by atomic mass is 10.1. The summed E-state index contributed by atoms with van der Waals surface area (Å²) in [5.74, 6) is 1.54. The number of carbonyl (C=O) groups excluding carboxylic acids is 1. The molecule has 0 aliphatic carbocycles. The minimum absolute atomic E-state index is 0.0279. The van der Waals surface area contributed by atoms with Crippen molar-refractivity contribution in [3.63, 3.8) is 0 Å². The van der Waals surface area contributed by atoms with E-state index in [4.69, 9.17) is 4.52 Å². The van der Waals surface area contributed by atoms with Crippen molar-refractivity contribution < 1.29 is 9.32 Å². The van der Waals surface area contributed by atoms with Crippen LogP contribution in [0.2, 0.25) is 0 Å². The van der Waals surface area contributed by atoms with Crippen molar-refractivity contribution >= 4 is 23.4 Å². The molecule has 0 aliphatic rings. The van der Waals surface area contributed by atoms with E-state index >= 15 is 0 Å². The average Bonchev–Trinajstić information content (AvgIpc) is 3.07. The Morgan fingerprint density at radius 2 is 1.83 bits per heavy atom. The van der Waals surface area contributed by atoms with E-state index in [2.05, 4.69) is 39.6 Å². The van der Waals surface area contributed by atoms with Gasteiger partial charge in [-0.25, -0.2) is 0 Å². The molecule has 0 atom stereocenters. The number of hydrogen-bond donors (Lipinski definition) is 1. The highest BCUT2D eigenvalue weighted by atomic mass is 32.2. The van der Waals surface area contributed by atoms with E-state index in [0.29, 0.717) is 12.1 Å². The van der Waals surface area contributed by atoms with Crippen LogP contribution in [0.4, 0.5) is 5.69 Å². The molecule has 0 radical (unpaired) electrons. The number of aryl methyl sites for hydroxylation is 3. The van der Waals surface area contributed by atoms with Crippen LogP contribution in [0.3, 0.4) is 0 Å². The standard InChI is InChI=1S/C24H29N3O2S/c1-17-22(18(2)29-26-17)16-30-23-10-6-5-9-21(23)24(28)25-15-7-8-19-11-13-20(14-12-19)27(3)4/h5-6,9-14H,7-8,15-16H2,1-4H3,(H,25,28). The van der Waals surface area contributed by atoms with E-state index in [0.717, 1.165) is 40.5 Å². The Morgan fingerprint density at radius 1 is 1.10 bits per heavy atom. The van der Waals surface area contributed by atoms with Gasteiger partial charge in [-0.1, -0.05) is 29.4 Å². The van der Waals surface area contributed by atoms with Gasteiger partial charge in [0, 0.05) is 42.5 Å². The van der Waals surface area contributed by atoms with E-state index in [1.54, 1.807) is 11.8 Å². The highest BCUT2D eigenvalue weighted by molar-refractivity contribution is 7.98. The Bertz CT molecular complexity index is 961. The highest BCUT2D eigenvalue weighted by Crippen LogP contribution is 2.28.